The lowest BCUT2D eigenvalue weighted by atomic mass is 9.97. The number of aryl methyl sites for hydroxylation is 2. The fourth-order valence-corrected chi connectivity index (χ4v) is 5.47. The highest BCUT2D eigenvalue weighted by atomic mass is 32.2. The van der Waals surface area contributed by atoms with Gasteiger partial charge in [-0.1, -0.05) is 17.8 Å². The van der Waals surface area contributed by atoms with Crippen LogP contribution in [0.25, 0.3) is 10.2 Å². The summed E-state index contributed by atoms with van der Waals surface area (Å²) in [5.74, 6) is 0.173. The predicted octanol–water partition coefficient (Wildman–Crippen LogP) is 4.18. The number of carbonyl (C=O) groups is 1. The van der Waals surface area contributed by atoms with E-state index in [1.54, 1.807) is 24.3 Å². The summed E-state index contributed by atoms with van der Waals surface area (Å²) in [4.78, 5) is 34.2. The quantitative estimate of drug-likeness (QED) is 0.270. The van der Waals surface area contributed by atoms with Crippen molar-refractivity contribution in [2.75, 3.05) is 11.1 Å². The number of nitrogen functional groups attached to an aromatic ring is 1. The monoisotopic (exact) mass is 429 g/mol. The first kappa shape index (κ1) is 19.6. The summed E-state index contributed by atoms with van der Waals surface area (Å²) in [5.41, 5.74) is 7.80. The van der Waals surface area contributed by atoms with Gasteiger partial charge in [-0.3, -0.25) is 14.9 Å². The Kier molecular flexibility index (Phi) is 5.37. The summed E-state index contributed by atoms with van der Waals surface area (Å²) >= 11 is 2.88. The lowest BCUT2D eigenvalue weighted by Gasteiger charge is -2.12. The minimum atomic E-state index is -0.500. The number of hydrogen-bond acceptors (Lipinski definition) is 8. The van der Waals surface area contributed by atoms with Crippen LogP contribution in [0.15, 0.2) is 29.4 Å². The molecule has 1 aromatic carbocycles. The van der Waals surface area contributed by atoms with Gasteiger partial charge in [0.15, 0.2) is 5.16 Å². The van der Waals surface area contributed by atoms with Gasteiger partial charge in [-0.2, -0.15) is 0 Å². The van der Waals surface area contributed by atoms with Crippen LogP contribution in [0.3, 0.4) is 0 Å². The first-order valence-corrected chi connectivity index (χ1v) is 10.9. The number of carbonyl (C=O) groups excluding carboxylic acids is 1. The minimum Gasteiger partial charge on any atom is -0.383 e. The van der Waals surface area contributed by atoms with Crippen molar-refractivity contribution in [1.82, 2.24) is 9.97 Å². The molecule has 10 heteroatoms. The third-order valence-electron chi connectivity index (χ3n) is 4.80. The molecule has 0 saturated heterocycles. The van der Waals surface area contributed by atoms with Crippen molar-refractivity contribution in [3.8, 4) is 0 Å². The van der Waals surface area contributed by atoms with Gasteiger partial charge in [0.05, 0.1) is 15.6 Å². The Bertz CT molecular complexity index is 1110. The summed E-state index contributed by atoms with van der Waals surface area (Å²) in [7, 11) is 0. The number of benzene rings is 1. The Balaban J connectivity index is 1.51. The Morgan fingerprint density at radius 1 is 1.34 bits per heavy atom. The Labute approximate surface area is 175 Å². The molecule has 1 atom stereocenters. The van der Waals surface area contributed by atoms with Crippen LogP contribution in [0.5, 0.6) is 0 Å². The second-order valence-electron chi connectivity index (χ2n) is 6.84. The van der Waals surface area contributed by atoms with E-state index in [0.717, 1.165) is 29.5 Å². The second-order valence-corrected chi connectivity index (χ2v) is 9.23. The number of nitro groups is 1. The molecular formula is C19H19N5O3S2. The molecule has 1 aliphatic rings. The Morgan fingerprint density at radius 3 is 2.93 bits per heavy atom. The highest BCUT2D eigenvalue weighted by Gasteiger charge is 2.22. The zero-order chi connectivity index (χ0) is 20.5. The summed E-state index contributed by atoms with van der Waals surface area (Å²) in [5, 5.41) is 14.5. The number of nitrogens with two attached hydrogens (primary N) is 1. The van der Waals surface area contributed by atoms with E-state index in [9.17, 15) is 14.9 Å². The van der Waals surface area contributed by atoms with Crippen molar-refractivity contribution in [3.63, 3.8) is 0 Å². The van der Waals surface area contributed by atoms with Crippen LogP contribution in [-0.4, -0.2) is 26.0 Å². The van der Waals surface area contributed by atoms with E-state index < -0.39 is 10.2 Å². The molecule has 150 valence electrons. The zero-order valence-electron chi connectivity index (χ0n) is 15.7. The molecule has 0 aliphatic heterocycles. The molecule has 3 aromatic rings. The fraction of sp³-hybridized carbons (Fsp3) is 0.316. The van der Waals surface area contributed by atoms with Gasteiger partial charge in [-0.25, -0.2) is 9.97 Å². The molecule has 2 aromatic heterocycles. The average Bonchev–Trinajstić information content (AvgIpc) is 3.06. The SMILES string of the molecule is CC(Sc1nc(N)c2c3c(sc2n1)CCCC3)C(=O)Nc1cccc([N+](=O)[O-])c1. The largest absolute Gasteiger partial charge is 0.383 e. The number of thioether (sulfide) groups is 1. The molecular weight excluding hydrogens is 410 g/mol. The normalized spacial score (nSPS) is 14.4. The van der Waals surface area contributed by atoms with Crippen molar-refractivity contribution in [2.45, 2.75) is 43.0 Å². The number of anilines is 2. The highest BCUT2D eigenvalue weighted by Crippen LogP contribution is 2.39. The smallest absolute Gasteiger partial charge is 0.271 e. The predicted molar refractivity (Wildman–Crippen MR) is 116 cm³/mol. The molecule has 0 spiro atoms. The van der Waals surface area contributed by atoms with Crippen molar-refractivity contribution in [2.24, 2.45) is 0 Å². The third kappa shape index (κ3) is 4.03. The number of nitrogens with zero attached hydrogens (tertiary/aromatic N) is 3. The lowest BCUT2D eigenvalue weighted by molar-refractivity contribution is -0.384. The van der Waals surface area contributed by atoms with Crippen molar-refractivity contribution in [1.29, 1.82) is 0 Å². The van der Waals surface area contributed by atoms with Gasteiger partial charge in [0.2, 0.25) is 5.91 Å². The van der Waals surface area contributed by atoms with E-state index in [0.29, 0.717) is 16.7 Å². The van der Waals surface area contributed by atoms with E-state index in [4.69, 9.17) is 5.73 Å². The van der Waals surface area contributed by atoms with Crippen LogP contribution >= 0.6 is 23.1 Å². The van der Waals surface area contributed by atoms with Crippen LogP contribution in [0.2, 0.25) is 0 Å². The Hall–Kier alpha value is -2.72. The van der Waals surface area contributed by atoms with Crippen molar-refractivity contribution >= 4 is 56.4 Å². The molecule has 3 N–H and O–H groups in total. The Morgan fingerprint density at radius 2 is 2.14 bits per heavy atom. The minimum absolute atomic E-state index is 0.0775. The van der Waals surface area contributed by atoms with Crippen LogP contribution in [0, 0.1) is 10.1 Å². The number of aromatic nitrogens is 2. The van der Waals surface area contributed by atoms with Crippen LogP contribution in [-0.2, 0) is 17.6 Å². The molecule has 2 heterocycles. The third-order valence-corrected chi connectivity index (χ3v) is 6.94. The maximum absolute atomic E-state index is 12.5. The van der Waals surface area contributed by atoms with E-state index >= 15 is 0 Å². The number of hydrogen-bond donors (Lipinski definition) is 2. The molecule has 1 unspecified atom stereocenters. The summed E-state index contributed by atoms with van der Waals surface area (Å²) in [6.07, 6.45) is 4.41. The van der Waals surface area contributed by atoms with Gasteiger partial charge in [-0.15, -0.1) is 11.3 Å². The number of rotatable bonds is 5. The molecule has 4 rings (SSSR count). The van der Waals surface area contributed by atoms with E-state index in [1.807, 2.05) is 0 Å². The molecule has 1 aliphatic carbocycles. The van der Waals surface area contributed by atoms with Crippen LogP contribution in [0.4, 0.5) is 17.2 Å². The van der Waals surface area contributed by atoms with Gasteiger partial charge in [0, 0.05) is 22.7 Å². The first-order chi connectivity index (χ1) is 13.9. The lowest BCUT2D eigenvalue weighted by Crippen LogP contribution is -2.22. The summed E-state index contributed by atoms with van der Waals surface area (Å²) in [6, 6.07) is 5.84. The molecule has 0 bridgehead atoms. The maximum atomic E-state index is 12.5. The number of nitrogens with one attached hydrogen (secondary N) is 1. The maximum Gasteiger partial charge on any atom is 0.271 e. The number of nitro benzene ring substituents is 1. The number of non-ortho nitro benzene ring substituents is 1. The van der Waals surface area contributed by atoms with Gasteiger partial charge < -0.3 is 11.1 Å². The van der Waals surface area contributed by atoms with E-state index in [2.05, 4.69) is 15.3 Å². The van der Waals surface area contributed by atoms with Crippen molar-refractivity contribution < 1.29 is 9.72 Å². The molecule has 0 fully saturated rings. The first-order valence-electron chi connectivity index (χ1n) is 9.22. The molecule has 8 nitrogen and oxygen atoms in total. The molecule has 0 radical (unpaired) electrons. The summed E-state index contributed by atoms with van der Waals surface area (Å²) in [6.45, 7) is 1.74. The van der Waals surface area contributed by atoms with Gasteiger partial charge in [0.1, 0.15) is 10.6 Å². The molecule has 1 amide bonds. The molecule has 0 saturated carbocycles. The topological polar surface area (TPSA) is 124 Å². The van der Waals surface area contributed by atoms with Crippen LogP contribution in [0.1, 0.15) is 30.2 Å². The zero-order valence-corrected chi connectivity index (χ0v) is 17.3. The standard InChI is InChI=1S/C19H19N5O3S2/c1-10(17(25)21-11-5-4-6-12(9-11)24(26)27)28-19-22-16(20)15-13-7-2-3-8-14(13)29-18(15)23-19/h4-6,9-10H,2-3,7-8H2,1H3,(H,21,25)(H2,20,22,23). The van der Waals surface area contributed by atoms with Crippen molar-refractivity contribution in [3.05, 3.63) is 44.8 Å². The molecule has 29 heavy (non-hydrogen) atoms. The number of amides is 1. The van der Waals surface area contributed by atoms with Crippen LogP contribution < -0.4 is 11.1 Å². The summed E-state index contributed by atoms with van der Waals surface area (Å²) < 4.78 is 0. The second kappa shape index (κ2) is 7.96. The average molecular weight is 430 g/mol. The van der Waals surface area contributed by atoms with E-state index in [-0.39, 0.29) is 11.6 Å². The number of thiophene rings is 1. The van der Waals surface area contributed by atoms with Gasteiger partial charge in [0.25, 0.3) is 5.69 Å². The number of fused-ring (bicyclic) bond motifs is 3. The highest BCUT2D eigenvalue weighted by molar-refractivity contribution is 8.00. The fourth-order valence-electron chi connectivity index (χ4n) is 3.37. The van der Waals surface area contributed by atoms with Gasteiger partial charge in [-0.05, 0) is 44.2 Å². The van der Waals surface area contributed by atoms with Gasteiger partial charge >= 0.3 is 0 Å². The van der Waals surface area contributed by atoms with E-state index in [1.165, 1.54) is 46.8 Å².